The quantitative estimate of drug-likeness (QED) is 0.259. The number of unbranched alkanes of at least 4 members (excludes halogenated alkanes) is 9. The highest BCUT2D eigenvalue weighted by molar-refractivity contribution is 6.39. The highest BCUT2D eigenvalue weighted by Crippen LogP contribution is 2.25. The zero-order chi connectivity index (χ0) is 18.3. The van der Waals surface area contributed by atoms with E-state index in [0.717, 1.165) is 12.1 Å². The lowest BCUT2D eigenvalue weighted by Crippen LogP contribution is -2.29. The van der Waals surface area contributed by atoms with Crippen molar-refractivity contribution in [3.05, 3.63) is 35.9 Å². The van der Waals surface area contributed by atoms with Crippen LogP contribution in [0.4, 0.5) is 0 Å². The van der Waals surface area contributed by atoms with Gasteiger partial charge in [0.1, 0.15) is 0 Å². The SMILES string of the molecule is CCCCCCCCCCCCC([SiH2]C1CCCCO1)c1ccccc1. The average Bonchev–Trinajstić information content (AvgIpc) is 2.70. The molecule has 0 N–H and O–H groups in total. The number of hydrogen-bond acceptors (Lipinski definition) is 1. The van der Waals surface area contributed by atoms with Crippen LogP contribution in [0, 0.1) is 0 Å². The first kappa shape index (κ1) is 21.7. The Labute approximate surface area is 165 Å². The molecule has 1 heterocycles. The first-order valence-electron chi connectivity index (χ1n) is 11.6. The minimum Gasteiger partial charge on any atom is -0.382 e. The third kappa shape index (κ3) is 9.37. The maximum Gasteiger partial charge on any atom is 0.0636 e. The van der Waals surface area contributed by atoms with E-state index in [-0.39, 0.29) is 9.52 Å². The molecule has 1 saturated heterocycles. The predicted octanol–water partition coefficient (Wildman–Crippen LogP) is 6.73. The molecule has 1 aliphatic heterocycles. The van der Waals surface area contributed by atoms with Crippen molar-refractivity contribution in [3.63, 3.8) is 0 Å². The smallest absolute Gasteiger partial charge is 0.0636 e. The Morgan fingerprint density at radius 3 is 2.15 bits per heavy atom. The molecule has 0 spiro atoms. The largest absolute Gasteiger partial charge is 0.382 e. The molecule has 1 aliphatic rings. The number of benzene rings is 1. The van der Waals surface area contributed by atoms with Gasteiger partial charge in [0.2, 0.25) is 0 Å². The van der Waals surface area contributed by atoms with Crippen molar-refractivity contribution in [1.29, 1.82) is 0 Å². The zero-order valence-corrected chi connectivity index (χ0v) is 18.7. The van der Waals surface area contributed by atoms with Gasteiger partial charge in [0.25, 0.3) is 0 Å². The summed E-state index contributed by atoms with van der Waals surface area (Å²) in [6.07, 6.45) is 19.7. The molecule has 26 heavy (non-hydrogen) atoms. The van der Waals surface area contributed by atoms with Gasteiger partial charge in [-0.15, -0.1) is 0 Å². The first-order chi connectivity index (χ1) is 12.9. The lowest BCUT2D eigenvalue weighted by atomic mass is 10.0. The minimum atomic E-state index is -0.197. The molecule has 1 fully saturated rings. The number of rotatable bonds is 14. The second-order valence-electron chi connectivity index (χ2n) is 8.30. The molecule has 0 amide bonds. The Kier molecular flexibility index (Phi) is 12.1. The van der Waals surface area contributed by atoms with E-state index in [1.807, 2.05) is 0 Å². The molecule has 0 bridgehead atoms. The number of ether oxygens (including phenoxy) is 1. The lowest BCUT2D eigenvalue weighted by Gasteiger charge is -2.27. The maximum absolute atomic E-state index is 6.09. The summed E-state index contributed by atoms with van der Waals surface area (Å²) < 4.78 is 6.09. The third-order valence-corrected chi connectivity index (χ3v) is 8.62. The van der Waals surface area contributed by atoms with E-state index >= 15 is 0 Å². The van der Waals surface area contributed by atoms with Gasteiger partial charge in [0.05, 0.1) is 9.52 Å². The lowest BCUT2D eigenvalue weighted by molar-refractivity contribution is 0.0642. The van der Waals surface area contributed by atoms with Crippen molar-refractivity contribution < 1.29 is 4.74 Å². The van der Waals surface area contributed by atoms with Gasteiger partial charge in [-0.05, 0) is 36.8 Å². The molecule has 1 aromatic rings. The standard InChI is InChI=1S/C24H42OSi/c1-2-3-4-5-6-7-8-9-10-14-19-23(22-17-12-11-13-18-22)26-24-20-15-16-21-25-24/h11-13,17-18,23-24H,2-10,14-16,19-21,26H2,1H3. The van der Waals surface area contributed by atoms with Crippen LogP contribution in [0.3, 0.4) is 0 Å². The van der Waals surface area contributed by atoms with E-state index in [4.69, 9.17) is 4.74 Å². The van der Waals surface area contributed by atoms with Crippen molar-refractivity contribution in [2.75, 3.05) is 6.61 Å². The van der Waals surface area contributed by atoms with Crippen LogP contribution in [-0.4, -0.2) is 21.9 Å². The van der Waals surface area contributed by atoms with E-state index in [9.17, 15) is 0 Å². The molecular weight excluding hydrogens is 332 g/mol. The van der Waals surface area contributed by atoms with Gasteiger partial charge in [-0.3, -0.25) is 0 Å². The summed E-state index contributed by atoms with van der Waals surface area (Å²) in [4.78, 5) is 0. The highest BCUT2D eigenvalue weighted by Gasteiger charge is 2.21. The van der Waals surface area contributed by atoms with Crippen molar-refractivity contribution in [1.82, 2.24) is 0 Å². The highest BCUT2D eigenvalue weighted by atomic mass is 28.2. The third-order valence-electron chi connectivity index (χ3n) is 6.00. The predicted molar refractivity (Wildman–Crippen MR) is 118 cm³/mol. The van der Waals surface area contributed by atoms with E-state index in [1.165, 1.54) is 89.9 Å². The van der Waals surface area contributed by atoms with Crippen molar-refractivity contribution in [3.8, 4) is 0 Å². The molecule has 2 atom stereocenters. The minimum absolute atomic E-state index is 0.197. The molecule has 1 aromatic carbocycles. The molecule has 2 unspecified atom stereocenters. The molecule has 0 radical (unpaired) electrons. The van der Waals surface area contributed by atoms with Crippen LogP contribution in [0.25, 0.3) is 0 Å². The van der Waals surface area contributed by atoms with E-state index in [2.05, 4.69) is 37.3 Å². The second kappa shape index (κ2) is 14.5. The summed E-state index contributed by atoms with van der Waals surface area (Å²) in [7, 11) is -0.197. The summed E-state index contributed by atoms with van der Waals surface area (Å²) in [5, 5.41) is 0. The van der Waals surface area contributed by atoms with Crippen molar-refractivity contribution >= 4 is 9.52 Å². The van der Waals surface area contributed by atoms with E-state index in [1.54, 1.807) is 5.56 Å². The van der Waals surface area contributed by atoms with Crippen LogP contribution in [0.1, 0.15) is 108 Å². The molecule has 0 aromatic heterocycles. The Balaban J connectivity index is 1.62. The van der Waals surface area contributed by atoms with Crippen LogP contribution >= 0.6 is 0 Å². The molecule has 148 valence electrons. The van der Waals surface area contributed by atoms with Crippen LogP contribution in [0.15, 0.2) is 30.3 Å². The van der Waals surface area contributed by atoms with Crippen LogP contribution in [0.5, 0.6) is 0 Å². The summed E-state index contributed by atoms with van der Waals surface area (Å²) in [6, 6.07) is 11.3. The maximum atomic E-state index is 6.09. The molecule has 1 nitrogen and oxygen atoms in total. The summed E-state index contributed by atoms with van der Waals surface area (Å²) in [6.45, 7) is 3.31. The van der Waals surface area contributed by atoms with Gasteiger partial charge in [0, 0.05) is 12.3 Å². The van der Waals surface area contributed by atoms with Crippen LogP contribution in [0.2, 0.25) is 0 Å². The van der Waals surface area contributed by atoms with Crippen LogP contribution in [-0.2, 0) is 4.74 Å². The van der Waals surface area contributed by atoms with E-state index < -0.39 is 0 Å². The fourth-order valence-corrected chi connectivity index (χ4v) is 6.87. The second-order valence-corrected chi connectivity index (χ2v) is 10.7. The molecule has 0 saturated carbocycles. The zero-order valence-electron chi connectivity index (χ0n) is 17.3. The Morgan fingerprint density at radius 1 is 0.885 bits per heavy atom. The van der Waals surface area contributed by atoms with Gasteiger partial charge in [-0.1, -0.05) is 101 Å². The topological polar surface area (TPSA) is 9.23 Å². The number of hydrogen-bond donors (Lipinski definition) is 0. The molecule has 0 aliphatic carbocycles. The summed E-state index contributed by atoms with van der Waals surface area (Å²) >= 11 is 0. The summed E-state index contributed by atoms with van der Waals surface area (Å²) in [5.41, 5.74) is 3.05. The van der Waals surface area contributed by atoms with Gasteiger partial charge in [0.15, 0.2) is 0 Å². The fourth-order valence-electron chi connectivity index (χ4n) is 4.33. The molecular formula is C24H42OSi. The van der Waals surface area contributed by atoms with Gasteiger partial charge >= 0.3 is 0 Å². The normalized spacial score (nSPS) is 19.2. The van der Waals surface area contributed by atoms with Gasteiger partial charge < -0.3 is 4.74 Å². The van der Waals surface area contributed by atoms with Gasteiger partial charge in [-0.2, -0.15) is 0 Å². The molecule has 2 heteroatoms. The summed E-state index contributed by atoms with van der Waals surface area (Å²) in [5.74, 6) is 0. The monoisotopic (exact) mass is 374 g/mol. The molecule has 2 rings (SSSR count). The first-order valence-corrected chi connectivity index (χ1v) is 13.2. The fraction of sp³-hybridized carbons (Fsp3) is 0.750. The van der Waals surface area contributed by atoms with Crippen molar-refractivity contribution in [2.24, 2.45) is 0 Å². The van der Waals surface area contributed by atoms with E-state index in [0.29, 0.717) is 5.73 Å². The van der Waals surface area contributed by atoms with Gasteiger partial charge in [-0.25, -0.2) is 0 Å². The Hall–Kier alpha value is -0.603. The average molecular weight is 375 g/mol. The Morgan fingerprint density at radius 2 is 1.54 bits per heavy atom. The Bertz CT molecular complexity index is 427. The van der Waals surface area contributed by atoms with Crippen LogP contribution < -0.4 is 0 Å². The van der Waals surface area contributed by atoms with Crippen molar-refractivity contribution in [2.45, 2.75) is 108 Å².